The molecule has 0 bridgehead atoms. The molecule has 3 rings (SSSR count). The highest BCUT2D eigenvalue weighted by Crippen LogP contribution is 2.29. The number of imidazole rings is 1. The zero-order valence-corrected chi connectivity index (χ0v) is 13.9. The van der Waals surface area contributed by atoms with E-state index in [0.717, 1.165) is 12.8 Å². The summed E-state index contributed by atoms with van der Waals surface area (Å²) in [6.07, 6.45) is 3.29. The van der Waals surface area contributed by atoms with E-state index in [4.69, 9.17) is 16.3 Å². The number of halogens is 1. The number of piperidine rings is 1. The topological polar surface area (TPSA) is 63.9 Å². The first-order valence-corrected chi connectivity index (χ1v) is 9.46. The molecule has 2 aromatic rings. The van der Waals surface area contributed by atoms with Crippen molar-refractivity contribution < 1.29 is 13.2 Å². The minimum atomic E-state index is -3.67. The van der Waals surface area contributed by atoms with Crippen LogP contribution < -0.4 is 0 Å². The zero-order valence-electron chi connectivity index (χ0n) is 11.5. The Balaban J connectivity index is 1.96. The molecule has 21 heavy (non-hydrogen) atoms. The number of fused-ring (bicyclic) bond motifs is 1. The summed E-state index contributed by atoms with van der Waals surface area (Å²) in [6, 6.07) is 0. The van der Waals surface area contributed by atoms with Gasteiger partial charge in [0.05, 0.1) is 6.10 Å². The fourth-order valence-electron chi connectivity index (χ4n) is 2.59. The summed E-state index contributed by atoms with van der Waals surface area (Å²) in [4.78, 5) is 4.68. The Morgan fingerprint density at radius 3 is 3.14 bits per heavy atom. The second-order valence-electron chi connectivity index (χ2n) is 4.85. The van der Waals surface area contributed by atoms with Gasteiger partial charge in [-0.05, 0) is 19.8 Å². The van der Waals surface area contributed by atoms with Gasteiger partial charge in [-0.2, -0.15) is 4.31 Å². The molecule has 3 heterocycles. The lowest BCUT2D eigenvalue weighted by molar-refractivity contribution is 0.0264. The first-order valence-electron chi connectivity index (χ1n) is 6.77. The van der Waals surface area contributed by atoms with Crippen LogP contribution in [0.2, 0.25) is 5.15 Å². The number of ether oxygens (including phenoxy) is 1. The molecule has 1 aliphatic heterocycles. The van der Waals surface area contributed by atoms with E-state index in [1.54, 1.807) is 11.6 Å². The highest BCUT2D eigenvalue weighted by Gasteiger charge is 2.35. The lowest BCUT2D eigenvalue weighted by atomic mass is 10.1. The van der Waals surface area contributed by atoms with Crippen molar-refractivity contribution in [3.8, 4) is 0 Å². The van der Waals surface area contributed by atoms with Gasteiger partial charge in [0.1, 0.15) is 0 Å². The number of thiazole rings is 1. The SMILES string of the molecule is CCOC1CCCN(S(=O)(=O)c2c(Cl)nc3sccn23)C1. The molecule has 0 saturated carbocycles. The van der Waals surface area contributed by atoms with Crippen LogP contribution >= 0.6 is 22.9 Å². The van der Waals surface area contributed by atoms with Crippen molar-refractivity contribution in [3.05, 3.63) is 16.7 Å². The third-order valence-corrected chi connectivity index (χ3v) is 6.53. The summed E-state index contributed by atoms with van der Waals surface area (Å²) < 4.78 is 34.3. The largest absolute Gasteiger partial charge is 0.377 e. The average Bonchev–Trinajstić information content (AvgIpc) is 2.98. The van der Waals surface area contributed by atoms with Crippen LogP contribution in [-0.4, -0.2) is 47.9 Å². The van der Waals surface area contributed by atoms with Crippen molar-refractivity contribution in [2.75, 3.05) is 19.7 Å². The molecule has 1 unspecified atom stereocenters. The summed E-state index contributed by atoms with van der Waals surface area (Å²) in [7, 11) is -3.67. The van der Waals surface area contributed by atoms with E-state index in [-0.39, 0.29) is 16.3 Å². The van der Waals surface area contributed by atoms with Crippen LogP contribution in [0.25, 0.3) is 4.96 Å². The van der Waals surface area contributed by atoms with Gasteiger partial charge in [0.15, 0.2) is 15.1 Å². The molecular weight excluding hydrogens is 334 g/mol. The normalized spacial score (nSPS) is 21.1. The quantitative estimate of drug-likeness (QED) is 0.849. The average molecular weight is 350 g/mol. The smallest absolute Gasteiger partial charge is 0.262 e. The number of sulfonamides is 1. The molecule has 1 fully saturated rings. The van der Waals surface area contributed by atoms with Gasteiger partial charge in [0.25, 0.3) is 10.0 Å². The number of hydrogen-bond acceptors (Lipinski definition) is 5. The van der Waals surface area contributed by atoms with Crippen molar-refractivity contribution >= 4 is 37.9 Å². The van der Waals surface area contributed by atoms with Crippen LogP contribution in [0.5, 0.6) is 0 Å². The second-order valence-corrected chi connectivity index (χ2v) is 7.93. The molecule has 1 atom stereocenters. The van der Waals surface area contributed by atoms with Crippen molar-refractivity contribution in [2.45, 2.75) is 30.9 Å². The minimum Gasteiger partial charge on any atom is -0.377 e. The van der Waals surface area contributed by atoms with E-state index in [0.29, 0.717) is 24.7 Å². The molecule has 0 spiro atoms. The molecular formula is C12H16ClN3O3S2. The molecule has 1 aliphatic rings. The monoisotopic (exact) mass is 349 g/mol. The van der Waals surface area contributed by atoms with Crippen molar-refractivity contribution in [1.29, 1.82) is 0 Å². The van der Waals surface area contributed by atoms with Gasteiger partial charge in [0, 0.05) is 31.3 Å². The van der Waals surface area contributed by atoms with E-state index in [1.165, 1.54) is 20.0 Å². The van der Waals surface area contributed by atoms with Gasteiger partial charge in [-0.3, -0.25) is 4.40 Å². The van der Waals surface area contributed by atoms with Crippen LogP contribution in [0.3, 0.4) is 0 Å². The zero-order chi connectivity index (χ0) is 15.0. The van der Waals surface area contributed by atoms with Crippen LogP contribution in [0, 0.1) is 0 Å². The Labute approximate surface area is 132 Å². The van der Waals surface area contributed by atoms with E-state index in [9.17, 15) is 8.42 Å². The Kier molecular flexibility index (Phi) is 4.24. The lowest BCUT2D eigenvalue weighted by Gasteiger charge is -2.31. The third kappa shape index (κ3) is 2.70. The van der Waals surface area contributed by atoms with Crippen molar-refractivity contribution in [1.82, 2.24) is 13.7 Å². The van der Waals surface area contributed by atoms with Gasteiger partial charge in [-0.1, -0.05) is 11.6 Å². The number of aromatic nitrogens is 2. The molecule has 9 heteroatoms. The fourth-order valence-corrected chi connectivity index (χ4v) is 5.50. The first kappa shape index (κ1) is 15.2. The summed E-state index contributed by atoms with van der Waals surface area (Å²) in [6.45, 7) is 3.35. The van der Waals surface area contributed by atoms with Crippen molar-refractivity contribution in [2.24, 2.45) is 0 Å². The Bertz CT molecular complexity index is 738. The molecule has 1 saturated heterocycles. The molecule has 0 N–H and O–H groups in total. The van der Waals surface area contributed by atoms with E-state index >= 15 is 0 Å². The Morgan fingerprint density at radius 2 is 2.38 bits per heavy atom. The standard InChI is InChI=1S/C12H16ClN3O3S2/c1-2-19-9-4-3-5-15(8-9)21(17,18)11-10(13)14-12-16(11)6-7-20-12/h6-7,9H,2-5,8H2,1H3. The van der Waals surface area contributed by atoms with Gasteiger partial charge in [-0.15, -0.1) is 11.3 Å². The number of hydrogen-bond donors (Lipinski definition) is 0. The van der Waals surface area contributed by atoms with Gasteiger partial charge in [-0.25, -0.2) is 13.4 Å². The van der Waals surface area contributed by atoms with Crippen LogP contribution in [0.1, 0.15) is 19.8 Å². The molecule has 0 aromatic carbocycles. The molecule has 116 valence electrons. The summed E-state index contributed by atoms with van der Waals surface area (Å²) in [5.74, 6) is 0. The van der Waals surface area contributed by atoms with Crippen LogP contribution in [0.4, 0.5) is 0 Å². The van der Waals surface area contributed by atoms with E-state index < -0.39 is 10.0 Å². The number of rotatable bonds is 4. The predicted octanol–water partition coefficient (Wildman–Crippen LogP) is 2.24. The highest BCUT2D eigenvalue weighted by atomic mass is 35.5. The summed E-state index contributed by atoms with van der Waals surface area (Å²) in [5, 5.41) is 1.87. The molecule has 0 aliphatic carbocycles. The van der Waals surface area contributed by atoms with E-state index in [2.05, 4.69) is 4.98 Å². The Hall–Kier alpha value is -0.670. The van der Waals surface area contributed by atoms with Crippen LogP contribution in [-0.2, 0) is 14.8 Å². The second kappa shape index (κ2) is 5.85. The lowest BCUT2D eigenvalue weighted by Crippen LogP contribution is -2.43. The minimum absolute atomic E-state index is 0.0281. The van der Waals surface area contributed by atoms with Gasteiger partial charge in [0.2, 0.25) is 0 Å². The predicted molar refractivity (Wildman–Crippen MR) is 81.5 cm³/mol. The number of nitrogens with zero attached hydrogens (tertiary/aromatic N) is 3. The van der Waals surface area contributed by atoms with E-state index in [1.807, 2.05) is 6.92 Å². The van der Waals surface area contributed by atoms with Gasteiger partial charge >= 0.3 is 0 Å². The highest BCUT2D eigenvalue weighted by molar-refractivity contribution is 7.89. The molecule has 0 radical (unpaired) electrons. The van der Waals surface area contributed by atoms with Gasteiger partial charge < -0.3 is 4.74 Å². The maximum Gasteiger partial charge on any atom is 0.262 e. The first-order chi connectivity index (χ1) is 10.0. The Morgan fingerprint density at radius 1 is 1.57 bits per heavy atom. The summed E-state index contributed by atoms with van der Waals surface area (Å²) >= 11 is 7.40. The maximum atomic E-state index is 12.9. The molecule has 2 aromatic heterocycles. The molecule has 6 nitrogen and oxygen atoms in total. The third-order valence-electron chi connectivity index (χ3n) is 3.51. The summed E-state index contributed by atoms with van der Waals surface area (Å²) in [5.41, 5.74) is 0. The van der Waals surface area contributed by atoms with Crippen LogP contribution in [0.15, 0.2) is 16.6 Å². The maximum absolute atomic E-state index is 12.9. The van der Waals surface area contributed by atoms with Crippen molar-refractivity contribution in [3.63, 3.8) is 0 Å². The molecule has 0 amide bonds. The fraction of sp³-hybridized carbons (Fsp3) is 0.583.